The van der Waals surface area contributed by atoms with Crippen molar-refractivity contribution >= 4 is 5.97 Å². The highest BCUT2D eigenvalue weighted by atomic mass is 19.4. The van der Waals surface area contributed by atoms with Crippen LogP contribution >= 0.6 is 0 Å². The molecular formula is C18H18F3NO3. The lowest BCUT2D eigenvalue weighted by molar-refractivity contribution is -0.274. The van der Waals surface area contributed by atoms with Crippen LogP contribution in [0.2, 0.25) is 0 Å². The van der Waals surface area contributed by atoms with E-state index in [2.05, 4.69) is 4.74 Å². The first-order valence-corrected chi connectivity index (χ1v) is 7.66. The normalized spacial score (nSPS) is 12.5. The first-order valence-electron chi connectivity index (χ1n) is 7.66. The summed E-state index contributed by atoms with van der Waals surface area (Å²) < 4.78 is 45.8. The summed E-state index contributed by atoms with van der Waals surface area (Å²) in [5.74, 6) is -0.785. The minimum atomic E-state index is -4.74. The van der Waals surface area contributed by atoms with Crippen molar-refractivity contribution in [2.24, 2.45) is 5.73 Å². The monoisotopic (exact) mass is 353 g/mol. The fourth-order valence-electron chi connectivity index (χ4n) is 2.34. The number of alkyl halides is 3. The van der Waals surface area contributed by atoms with Gasteiger partial charge in [0.05, 0.1) is 6.61 Å². The van der Waals surface area contributed by atoms with Crippen molar-refractivity contribution in [3.8, 4) is 16.9 Å². The summed E-state index contributed by atoms with van der Waals surface area (Å²) >= 11 is 0. The van der Waals surface area contributed by atoms with Crippen LogP contribution in [-0.4, -0.2) is 25.0 Å². The number of carbonyl (C=O) groups excluding carboxylic acids is 1. The highest BCUT2D eigenvalue weighted by molar-refractivity contribution is 5.76. The molecule has 1 atom stereocenters. The summed E-state index contributed by atoms with van der Waals surface area (Å²) in [5.41, 5.74) is 7.83. The Balaban J connectivity index is 2.18. The molecule has 0 heterocycles. The predicted molar refractivity (Wildman–Crippen MR) is 86.9 cm³/mol. The van der Waals surface area contributed by atoms with Crippen LogP contribution in [0.5, 0.6) is 5.75 Å². The second-order valence-electron chi connectivity index (χ2n) is 5.34. The number of hydrogen-bond acceptors (Lipinski definition) is 4. The number of rotatable bonds is 6. The van der Waals surface area contributed by atoms with Crippen molar-refractivity contribution in [1.29, 1.82) is 0 Å². The maximum Gasteiger partial charge on any atom is 0.573 e. The van der Waals surface area contributed by atoms with Crippen LogP contribution in [0.15, 0.2) is 48.5 Å². The topological polar surface area (TPSA) is 61.5 Å². The quantitative estimate of drug-likeness (QED) is 0.805. The molecule has 0 aliphatic rings. The Morgan fingerprint density at radius 2 is 1.76 bits per heavy atom. The lowest BCUT2D eigenvalue weighted by Crippen LogP contribution is -2.34. The summed E-state index contributed by atoms with van der Waals surface area (Å²) in [7, 11) is 0. The number of nitrogens with two attached hydrogens (primary N) is 1. The Kier molecular flexibility index (Phi) is 6.03. The molecule has 0 aliphatic carbocycles. The summed E-state index contributed by atoms with van der Waals surface area (Å²) in [6, 6.07) is 12.0. The van der Waals surface area contributed by atoms with Gasteiger partial charge in [-0.05, 0) is 42.2 Å². The lowest BCUT2D eigenvalue weighted by atomic mass is 9.99. The van der Waals surface area contributed by atoms with Gasteiger partial charge in [0.15, 0.2) is 0 Å². The molecule has 2 aromatic rings. The van der Waals surface area contributed by atoms with Crippen molar-refractivity contribution in [2.45, 2.75) is 25.7 Å². The van der Waals surface area contributed by atoms with E-state index in [1.807, 2.05) is 0 Å². The van der Waals surface area contributed by atoms with Crippen molar-refractivity contribution < 1.29 is 27.4 Å². The number of halogens is 3. The zero-order chi connectivity index (χ0) is 18.4. The van der Waals surface area contributed by atoms with Crippen LogP contribution in [0.25, 0.3) is 11.1 Å². The number of benzene rings is 2. The number of ether oxygens (including phenoxy) is 2. The first-order chi connectivity index (χ1) is 11.8. The summed E-state index contributed by atoms with van der Waals surface area (Å²) in [4.78, 5) is 11.6. The SMILES string of the molecule is CCOC(=O)[C@@H](N)Cc1cccc(-c2cccc(OC(F)(F)F)c2)c1. The molecule has 0 amide bonds. The van der Waals surface area contributed by atoms with Crippen molar-refractivity contribution in [3.05, 3.63) is 54.1 Å². The van der Waals surface area contributed by atoms with Crippen LogP contribution in [0.4, 0.5) is 13.2 Å². The smallest absolute Gasteiger partial charge is 0.465 e. The van der Waals surface area contributed by atoms with Gasteiger partial charge in [-0.15, -0.1) is 13.2 Å². The standard InChI is InChI=1S/C18H18F3NO3/c1-2-24-17(23)16(22)10-12-5-3-6-13(9-12)14-7-4-8-15(11-14)25-18(19,20)21/h3-9,11,16H,2,10,22H2,1H3/t16-/m0/s1. The van der Waals surface area contributed by atoms with Crippen molar-refractivity contribution in [2.75, 3.05) is 6.61 Å². The molecule has 134 valence electrons. The fourth-order valence-corrected chi connectivity index (χ4v) is 2.34. The van der Waals surface area contributed by atoms with Crippen LogP contribution in [0.1, 0.15) is 12.5 Å². The van der Waals surface area contributed by atoms with E-state index in [-0.39, 0.29) is 18.8 Å². The van der Waals surface area contributed by atoms with Gasteiger partial charge in [0.25, 0.3) is 0 Å². The molecule has 2 aromatic carbocycles. The zero-order valence-corrected chi connectivity index (χ0v) is 13.5. The molecule has 0 aromatic heterocycles. The van der Waals surface area contributed by atoms with Gasteiger partial charge in [0, 0.05) is 0 Å². The zero-order valence-electron chi connectivity index (χ0n) is 13.5. The van der Waals surface area contributed by atoms with E-state index in [0.29, 0.717) is 11.1 Å². The van der Waals surface area contributed by atoms with E-state index in [0.717, 1.165) is 5.56 Å². The lowest BCUT2D eigenvalue weighted by Gasteiger charge is -2.12. The van der Waals surface area contributed by atoms with Crippen LogP contribution in [-0.2, 0) is 16.0 Å². The Bertz CT molecular complexity index is 732. The number of esters is 1. The second-order valence-corrected chi connectivity index (χ2v) is 5.34. The third-order valence-electron chi connectivity index (χ3n) is 3.37. The molecule has 0 saturated heterocycles. The summed E-state index contributed by atoms with van der Waals surface area (Å²) in [5, 5.41) is 0. The van der Waals surface area contributed by atoms with Gasteiger partial charge in [-0.1, -0.05) is 36.4 Å². The molecule has 0 unspecified atom stereocenters. The molecule has 0 saturated carbocycles. The van der Waals surface area contributed by atoms with Crippen molar-refractivity contribution in [1.82, 2.24) is 0 Å². The van der Waals surface area contributed by atoms with E-state index in [4.69, 9.17) is 10.5 Å². The number of hydrogen-bond donors (Lipinski definition) is 1. The average Bonchev–Trinajstić information content (AvgIpc) is 2.54. The van der Waals surface area contributed by atoms with E-state index in [9.17, 15) is 18.0 Å². The molecule has 0 aliphatic heterocycles. The predicted octanol–water partition coefficient (Wildman–Crippen LogP) is 3.69. The molecule has 0 spiro atoms. The third-order valence-corrected chi connectivity index (χ3v) is 3.37. The van der Waals surface area contributed by atoms with Gasteiger partial charge < -0.3 is 15.2 Å². The molecule has 2 N–H and O–H groups in total. The Hall–Kier alpha value is -2.54. The number of carbonyl (C=O) groups is 1. The van der Waals surface area contributed by atoms with E-state index in [1.165, 1.54) is 18.2 Å². The highest BCUT2D eigenvalue weighted by Crippen LogP contribution is 2.28. The fraction of sp³-hybridized carbons (Fsp3) is 0.278. The van der Waals surface area contributed by atoms with Gasteiger partial charge in [0.2, 0.25) is 0 Å². The highest BCUT2D eigenvalue weighted by Gasteiger charge is 2.31. The largest absolute Gasteiger partial charge is 0.573 e. The maximum absolute atomic E-state index is 12.3. The van der Waals surface area contributed by atoms with Gasteiger partial charge in [-0.3, -0.25) is 4.79 Å². The molecular weight excluding hydrogens is 335 g/mol. The van der Waals surface area contributed by atoms with E-state index >= 15 is 0 Å². The minimum absolute atomic E-state index is 0.249. The minimum Gasteiger partial charge on any atom is -0.465 e. The Morgan fingerprint density at radius 1 is 1.12 bits per heavy atom. The van der Waals surface area contributed by atoms with E-state index in [1.54, 1.807) is 37.3 Å². The third kappa shape index (κ3) is 5.79. The summed E-state index contributed by atoms with van der Waals surface area (Å²) in [6.07, 6.45) is -4.47. The van der Waals surface area contributed by atoms with Gasteiger partial charge in [-0.2, -0.15) is 0 Å². The molecule has 25 heavy (non-hydrogen) atoms. The van der Waals surface area contributed by atoms with Crippen LogP contribution in [0.3, 0.4) is 0 Å². The molecule has 7 heteroatoms. The molecule has 0 radical (unpaired) electrons. The van der Waals surface area contributed by atoms with Crippen LogP contribution in [0, 0.1) is 0 Å². The molecule has 2 rings (SSSR count). The Morgan fingerprint density at radius 3 is 2.40 bits per heavy atom. The molecule has 0 fully saturated rings. The molecule has 4 nitrogen and oxygen atoms in total. The van der Waals surface area contributed by atoms with Gasteiger partial charge in [-0.25, -0.2) is 0 Å². The Labute approximate surface area is 143 Å². The van der Waals surface area contributed by atoms with Crippen LogP contribution < -0.4 is 10.5 Å². The maximum atomic E-state index is 12.3. The van der Waals surface area contributed by atoms with Crippen molar-refractivity contribution in [3.63, 3.8) is 0 Å². The van der Waals surface area contributed by atoms with E-state index < -0.39 is 18.4 Å². The van der Waals surface area contributed by atoms with Gasteiger partial charge in [0.1, 0.15) is 11.8 Å². The average molecular weight is 353 g/mol. The molecule has 0 bridgehead atoms. The first kappa shape index (κ1) is 18.8. The second kappa shape index (κ2) is 8.02. The summed E-state index contributed by atoms with van der Waals surface area (Å²) in [6.45, 7) is 1.94. The van der Waals surface area contributed by atoms with Gasteiger partial charge >= 0.3 is 12.3 Å².